The first-order valence-electron chi connectivity index (χ1n) is 5.84. The van der Waals surface area contributed by atoms with Crippen molar-refractivity contribution >= 4 is 0 Å². The molecule has 0 heterocycles. The predicted octanol–water partition coefficient (Wildman–Crippen LogP) is 3.69. The molecule has 0 bridgehead atoms. The zero-order valence-electron chi connectivity index (χ0n) is 10.5. The SMILES string of the molecule is Cc1ccc(Oc2ccc(F)cc2CN)cc1C. The van der Waals surface area contributed by atoms with Crippen molar-refractivity contribution in [1.82, 2.24) is 0 Å². The molecule has 0 saturated carbocycles. The second-order valence-electron chi connectivity index (χ2n) is 4.30. The highest BCUT2D eigenvalue weighted by molar-refractivity contribution is 5.40. The van der Waals surface area contributed by atoms with Gasteiger partial charge in [-0.3, -0.25) is 0 Å². The second kappa shape index (κ2) is 5.19. The van der Waals surface area contributed by atoms with Crippen LogP contribution in [0.25, 0.3) is 0 Å². The van der Waals surface area contributed by atoms with Crippen molar-refractivity contribution in [3.05, 3.63) is 58.9 Å². The molecule has 0 spiro atoms. The highest BCUT2D eigenvalue weighted by atomic mass is 19.1. The van der Waals surface area contributed by atoms with E-state index in [2.05, 4.69) is 0 Å². The molecule has 0 aliphatic heterocycles. The first-order valence-corrected chi connectivity index (χ1v) is 5.84. The molecule has 0 unspecified atom stereocenters. The molecule has 2 aromatic rings. The van der Waals surface area contributed by atoms with Gasteiger partial charge in [0.05, 0.1) is 0 Å². The molecule has 0 fully saturated rings. The van der Waals surface area contributed by atoms with Crippen LogP contribution in [0.5, 0.6) is 11.5 Å². The van der Waals surface area contributed by atoms with E-state index in [1.807, 2.05) is 32.0 Å². The summed E-state index contributed by atoms with van der Waals surface area (Å²) in [7, 11) is 0. The summed E-state index contributed by atoms with van der Waals surface area (Å²) < 4.78 is 18.8. The van der Waals surface area contributed by atoms with E-state index in [-0.39, 0.29) is 12.4 Å². The molecule has 2 aromatic carbocycles. The number of halogens is 1. The Balaban J connectivity index is 2.30. The lowest BCUT2D eigenvalue weighted by molar-refractivity contribution is 0.473. The van der Waals surface area contributed by atoms with Gasteiger partial charge < -0.3 is 10.5 Å². The summed E-state index contributed by atoms with van der Waals surface area (Å²) in [5.74, 6) is 1.03. The molecule has 0 aromatic heterocycles. The molecular formula is C15H16FNO. The zero-order valence-corrected chi connectivity index (χ0v) is 10.5. The van der Waals surface area contributed by atoms with E-state index in [4.69, 9.17) is 10.5 Å². The van der Waals surface area contributed by atoms with Crippen molar-refractivity contribution in [2.45, 2.75) is 20.4 Å². The normalized spacial score (nSPS) is 10.4. The molecular weight excluding hydrogens is 229 g/mol. The van der Waals surface area contributed by atoms with Crippen LogP contribution in [-0.4, -0.2) is 0 Å². The fraction of sp³-hybridized carbons (Fsp3) is 0.200. The standard InChI is InChI=1S/C15H16FNO/c1-10-3-5-14(7-11(10)2)18-15-6-4-13(16)8-12(15)9-17/h3-8H,9,17H2,1-2H3. The lowest BCUT2D eigenvalue weighted by Gasteiger charge is -2.11. The van der Waals surface area contributed by atoms with Gasteiger partial charge in [-0.05, 0) is 55.3 Å². The van der Waals surface area contributed by atoms with Crippen LogP contribution in [0, 0.1) is 19.7 Å². The molecule has 0 amide bonds. The minimum atomic E-state index is -0.303. The highest BCUT2D eigenvalue weighted by Crippen LogP contribution is 2.27. The molecule has 2 N–H and O–H groups in total. The van der Waals surface area contributed by atoms with Crippen molar-refractivity contribution in [2.75, 3.05) is 0 Å². The Morgan fingerprint density at radius 1 is 1.06 bits per heavy atom. The van der Waals surface area contributed by atoms with Gasteiger partial charge in [-0.25, -0.2) is 4.39 Å². The number of nitrogens with two attached hydrogens (primary N) is 1. The number of hydrogen-bond acceptors (Lipinski definition) is 2. The zero-order chi connectivity index (χ0) is 13.1. The van der Waals surface area contributed by atoms with Crippen molar-refractivity contribution in [3.8, 4) is 11.5 Å². The molecule has 18 heavy (non-hydrogen) atoms. The first-order chi connectivity index (χ1) is 8.60. The van der Waals surface area contributed by atoms with Gasteiger partial charge >= 0.3 is 0 Å². The molecule has 3 heteroatoms. The molecule has 0 aliphatic rings. The van der Waals surface area contributed by atoms with Crippen molar-refractivity contribution in [2.24, 2.45) is 5.73 Å². The van der Waals surface area contributed by atoms with Crippen molar-refractivity contribution in [3.63, 3.8) is 0 Å². The molecule has 0 radical (unpaired) electrons. The van der Waals surface area contributed by atoms with E-state index in [0.29, 0.717) is 11.3 Å². The maximum atomic E-state index is 13.1. The summed E-state index contributed by atoms with van der Waals surface area (Å²) in [6, 6.07) is 10.2. The van der Waals surface area contributed by atoms with Gasteiger partial charge in [-0.15, -0.1) is 0 Å². The summed E-state index contributed by atoms with van der Waals surface area (Å²) in [4.78, 5) is 0. The third-order valence-corrected chi connectivity index (χ3v) is 2.95. The van der Waals surface area contributed by atoms with Crippen LogP contribution in [0.3, 0.4) is 0 Å². The van der Waals surface area contributed by atoms with Crippen LogP contribution in [0.1, 0.15) is 16.7 Å². The van der Waals surface area contributed by atoms with E-state index >= 15 is 0 Å². The Morgan fingerprint density at radius 2 is 1.83 bits per heavy atom. The highest BCUT2D eigenvalue weighted by Gasteiger charge is 2.06. The minimum Gasteiger partial charge on any atom is -0.457 e. The maximum absolute atomic E-state index is 13.1. The van der Waals surface area contributed by atoms with E-state index in [0.717, 1.165) is 11.3 Å². The van der Waals surface area contributed by atoms with Gasteiger partial charge in [0, 0.05) is 12.1 Å². The Morgan fingerprint density at radius 3 is 2.50 bits per heavy atom. The summed E-state index contributed by atoms with van der Waals surface area (Å²) >= 11 is 0. The van der Waals surface area contributed by atoms with Gasteiger partial charge in [-0.1, -0.05) is 6.07 Å². The summed E-state index contributed by atoms with van der Waals surface area (Å²) in [6.07, 6.45) is 0. The van der Waals surface area contributed by atoms with Crippen LogP contribution < -0.4 is 10.5 Å². The lowest BCUT2D eigenvalue weighted by Crippen LogP contribution is -2.00. The second-order valence-corrected chi connectivity index (χ2v) is 4.30. The van der Waals surface area contributed by atoms with Gasteiger partial charge in [0.2, 0.25) is 0 Å². The number of hydrogen-bond donors (Lipinski definition) is 1. The van der Waals surface area contributed by atoms with Gasteiger partial charge in [0.25, 0.3) is 0 Å². The molecule has 94 valence electrons. The van der Waals surface area contributed by atoms with E-state index in [1.54, 1.807) is 6.07 Å². The first kappa shape index (κ1) is 12.6. The van der Waals surface area contributed by atoms with Crippen LogP contribution in [0.2, 0.25) is 0 Å². The number of rotatable bonds is 3. The van der Waals surface area contributed by atoms with Gasteiger partial charge in [0.15, 0.2) is 0 Å². The number of benzene rings is 2. The fourth-order valence-corrected chi connectivity index (χ4v) is 1.71. The van der Waals surface area contributed by atoms with E-state index < -0.39 is 0 Å². The van der Waals surface area contributed by atoms with E-state index in [1.165, 1.54) is 17.7 Å². The molecule has 0 atom stereocenters. The quantitative estimate of drug-likeness (QED) is 0.895. The maximum Gasteiger partial charge on any atom is 0.132 e. The summed E-state index contributed by atoms with van der Waals surface area (Å²) in [5.41, 5.74) is 8.61. The van der Waals surface area contributed by atoms with Crippen molar-refractivity contribution in [1.29, 1.82) is 0 Å². The average Bonchev–Trinajstić information content (AvgIpc) is 2.36. The average molecular weight is 245 g/mol. The van der Waals surface area contributed by atoms with E-state index in [9.17, 15) is 4.39 Å². The lowest BCUT2D eigenvalue weighted by atomic mass is 10.1. The molecule has 2 rings (SSSR count). The topological polar surface area (TPSA) is 35.2 Å². The number of aryl methyl sites for hydroxylation is 2. The molecule has 0 aliphatic carbocycles. The Hall–Kier alpha value is -1.87. The Bertz CT molecular complexity index is 566. The van der Waals surface area contributed by atoms with Crippen molar-refractivity contribution < 1.29 is 9.13 Å². The molecule has 0 saturated heterocycles. The minimum absolute atomic E-state index is 0.248. The third-order valence-electron chi connectivity index (χ3n) is 2.95. The monoisotopic (exact) mass is 245 g/mol. The Kier molecular flexibility index (Phi) is 3.63. The third kappa shape index (κ3) is 2.68. The fourth-order valence-electron chi connectivity index (χ4n) is 1.71. The summed E-state index contributed by atoms with van der Waals surface area (Å²) in [6.45, 7) is 4.32. The summed E-state index contributed by atoms with van der Waals surface area (Å²) in [5, 5.41) is 0. The van der Waals surface area contributed by atoms with Crippen LogP contribution in [0.15, 0.2) is 36.4 Å². The predicted molar refractivity (Wildman–Crippen MR) is 70.3 cm³/mol. The van der Waals surface area contributed by atoms with Gasteiger partial charge in [0.1, 0.15) is 17.3 Å². The Labute approximate surface area is 106 Å². The largest absolute Gasteiger partial charge is 0.457 e. The van der Waals surface area contributed by atoms with Gasteiger partial charge in [-0.2, -0.15) is 0 Å². The number of ether oxygens (including phenoxy) is 1. The van der Waals surface area contributed by atoms with Crippen LogP contribution >= 0.6 is 0 Å². The van der Waals surface area contributed by atoms with Crippen LogP contribution in [-0.2, 0) is 6.54 Å². The smallest absolute Gasteiger partial charge is 0.132 e. The van der Waals surface area contributed by atoms with Crippen LogP contribution in [0.4, 0.5) is 4.39 Å². The molecule has 2 nitrogen and oxygen atoms in total.